The summed E-state index contributed by atoms with van der Waals surface area (Å²) in [5.41, 5.74) is -0.366. The van der Waals surface area contributed by atoms with Gasteiger partial charge in [-0.25, -0.2) is 0 Å². The SMILES string of the molecule is CCOC(=O)C(Cc1cccc(C(F)(F)F)c1)C(O)(Cl)c1ccccc1. The van der Waals surface area contributed by atoms with Crippen molar-refractivity contribution < 1.29 is 27.8 Å². The van der Waals surface area contributed by atoms with Gasteiger partial charge in [-0.3, -0.25) is 4.79 Å². The van der Waals surface area contributed by atoms with Crippen LogP contribution in [0.1, 0.15) is 23.6 Å². The van der Waals surface area contributed by atoms with Crippen LogP contribution in [0.2, 0.25) is 0 Å². The average Bonchev–Trinajstić information content (AvgIpc) is 2.60. The lowest BCUT2D eigenvalue weighted by atomic mass is 9.88. The Morgan fingerprint density at radius 3 is 2.31 bits per heavy atom. The second-order valence-corrected chi connectivity index (χ2v) is 6.32. The van der Waals surface area contributed by atoms with Gasteiger partial charge in [-0.15, -0.1) is 0 Å². The molecule has 0 spiro atoms. The molecule has 7 heteroatoms. The molecule has 0 fully saturated rings. The normalized spacial score (nSPS) is 15.2. The van der Waals surface area contributed by atoms with E-state index in [0.29, 0.717) is 0 Å². The van der Waals surface area contributed by atoms with Gasteiger partial charge in [0.05, 0.1) is 12.2 Å². The first-order valence-electron chi connectivity index (χ1n) is 7.95. The Hall–Kier alpha value is -2.05. The van der Waals surface area contributed by atoms with Crippen LogP contribution in [-0.4, -0.2) is 17.7 Å². The lowest BCUT2D eigenvalue weighted by molar-refractivity contribution is -0.154. The fourth-order valence-electron chi connectivity index (χ4n) is 2.60. The molecule has 0 radical (unpaired) electrons. The molecule has 0 saturated carbocycles. The molecule has 0 aliphatic rings. The van der Waals surface area contributed by atoms with E-state index in [2.05, 4.69) is 0 Å². The van der Waals surface area contributed by atoms with Gasteiger partial charge in [0, 0.05) is 0 Å². The monoisotopic (exact) mass is 386 g/mol. The maximum absolute atomic E-state index is 12.9. The number of esters is 1. The van der Waals surface area contributed by atoms with E-state index in [1.54, 1.807) is 25.1 Å². The van der Waals surface area contributed by atoms with Gasteiger partial charge in [-0.1, -0.05) is 60.1 Å². The first kappa shape index (κ1) is 20.3. The largest absolute Gasteiger partial charge is 0.466 e. The quantitative estimate of drug-likeness (QED) is 0.587. The third kappa shape index (κ3) is 4.77. The molecule has 2 unspecified atom stereocenters. The van der Waals surface area contributed by atoms with Crippen LogP contribution in [0.3, 0.4) is 0 Å². The topological polar surface area (TPSA) is 46.5 Å². The zero-order valence-electron chi connectivity index (χ0n) is 14.0. The molecule has 2 rings (SSSR count). The van der Waals surface area contributed by atoms with Crippen molar-refractivity contribution in [3.05, 3.63) is 71.3 Å². The summed E-state index contributed by atoms with van der Waals surface area (Å²) >= 11 is 6.27. The number of rotatable bonds is 6. The number of carbonyl (C=O) groups excluding carboxylic acids is 1. The second kappa shape index (κ2) is 8.10. The molecular formula is C19H18ClF3O3. The predicted octanol–water partition coefficient (Wildman–Crippen LogP) is 4.51. The minimum atomic E-state index is -4.51. The molecule has 1 N–H and O–H groups in total. The molecule has 0 heterocycles. The van der Waals surface area contributed by atoms with E-state index < -0.39 is 28.7 Å². The molecule has 26 heavy (non-hydrogen) atoms. The molecule has 140 valence electrons. The molecule has 0 saturated heterocycles. The Balaban J connectivity index is 2.39. The van der Waals surface area contributed by atoms with E-state index in [1.165, 1.54) is 24.3 Å². The molecule has 2 aromatic carbocycles. The van der Waals surface area contributed by atoms with Gasteiger partial charge in [-0.05, 0) is 30.5 Å². The smallest absolute Gasteiger partial charge is 0.416 e. The van der Waals surface area contributed by atoms with Crippen LogP contribution in [0.25, 0.3) is 0 Å². The van der Waals surface area contributed by atoms with Crippen LogP contribution in [-0.2, 0) is 27.2 Å². The number of hydrogen-bond acceptors (Lipinski definition) is 3. The number of halogens is 4. The van der Waals surface area contributed by atoms with Crippen LogP contribution >= 0.6 is 11.6 Å². The van der Waals surface area contributed by atoms with Gasteiger partial charge in [0.15, 0.2) is 5.06 Å². The van der Waals surface area contributed by atoms with Crippen molar-refractivity contribution in [3.8, 4) is 0 Å². The van der Waals surface area contributed by atoms with E-state index in [1.807, 2.05) is 0 Å². The highest BCUT2D eigenvalue weighted by Gasteiger charge is 2.42. The molecule has 2 atom stereocenters. The predicted molar refractivity (Wildman–Crippen MR) is 91.5 cm³/mol. The summed E-state index contributed by atoms with van der Waals surface area (Å²) in [6.07, 6.45) is -4.72. The van der Waals surface area contributed by atoms with Crippen LogP contribution in [0.5, 0.6) is 0 Å². The van der Waals surface area contributed by atoms with Crippen LogP contribution < -0.4 is 0 Å². The molecule has 0 aromatic heterocycles. The summed E-state index contributed by atoms with van der Waals surface area (Å²) in [6, 6.07) is 12.6. The van der Waals surface area contributed by atoms with E-state index in [-0.39, 0.29) is 24.2 Å². The number of benzene rings is 2. The number of ether oxygens (including phenoxy) is 1. The van der Waals surface area contributed by atoms with E-state index in [9.17, 15) is 23.1 Å². The Morgan fingerprint density at radius 2 is 1.73 bits per heavy atom. The fourth-order valence-corrected chi connectivity index (χ4v) is 2.89. The molecule has 2 aromatic rings. The summed E-state index contributed by atoms with van der Waals surface area (Å²) in [7, 11) is 0. The summed E-state index contributed by atoms with van der Waals surface area (Å²) in [6.45, 7) is 1.65. The van der Waals surface area contributed by atoms with Crippen molar-refractivity contribution in [2.24, 2.45) is 5.92 Å². The molecule has 0 bridgehead atoms. The first-order valence-corrected chi connectivity index (χ1v) is 8.33. The standard InChI is InChI=1S/C19H18ClF3O3/c1-2-26-17(24)16(18(20,25)14-8-4-3-5-9-14)12-13-7-6-10-15(11-13)19(21,22)23/h3-11,16,25H,2,12H2,1H3. The van der Waals surface area contributed by atoms with Gasteiger partial charge in [-0.2, -0.15) is 13.2 Å². The zero-order valence-corrected chi connectivity index (χ0v) is 14.7. The number of carbonyl (C=O) groups is 1. The van der Waals surface area contributed by atoms with Gasteiger partial charge in [0.25, 0.3) is 0 Å². The molecule has 0 aliphatic carbocycles. The Labute approximate surface area is 154 Å². The van der Waals surface area contributed by atoms with E-state index in [4.69, 9.17) is 16.3 Å². The Kier molecular flexibility index (Phi) is 6.31. The second-order valence-electron chi connectivity index (χ2n) is 5.75. The van der Waals surface area contributed by atoms with Crippen molar-refractivity contribution >= 4 is 17.6 Å². The molecular weight excluding hydrogens is 369 g/mol. The summed E-state index contributed by atoms with van der Waals surface area (Å²) < 4.78 is 43.7. The Morgan fingerprint density at radius 1 is 1.12 bits per heavy atom. The average molecular weight is 387 g/mol. The Bertz CT molecular complexity index is 745. The van der Waals surface area contributed by atoms with Crippen molar-refractivity contribution in [1.29, 1.82) is 0 Å². The lowest BCUT2D eigenvalue weighted by Crippen LogP contribution is -2.38. The number of hydrogen-bond donors (Lipinski definition) is 1. The van der Waals surface area contributed by atoms with Crippen LogP contribution in [0.15, 0.2) is 54.6 Å². The van der Waals surface area contributed by atoms with Crippen molar-refractivity contribution in [1.82, 2.24) is 0 Å². The van der Waals surface area contributed by atoms with E-state index in [0.717, 1.165) is 12.1 Å². The maximum atomic E-state index is 12.9. The highest BCUT2D eigenvalue weighted by atomic mass is 35.5. The minimum absolute atomic E-state index is 0.0552. The van der Waals surface area contributed by atoms with Crippen LogP contribution in [0, 0.1) is 5.92 Å². The van der Waals surface area contributed by atoms with Gasteiger partial charge < -0.3 is 9.84 Å². The first-order chi connectivity index (χ1) is 12.2. The number of alkyl halides is 4. The number of aliphatic hydroxyl groups is 1. The zero-order chi connectivity index (χ0) is 19.4. The highest BCUT2D eigenvalue weighted by Crippen LogP contribution is 2.38. The van der Waals surface area contributed by atoms with Gasteiger partial charge >= 0.3 is 12.1 Å². The van der Waals surface area contributed by atoms with Gasteiger partial charge in [0.2, 0.25) is 0 Å². The third-order valence-electron chi connectivity index (χ3n) is 3.91. The molecule has 0 aliphatic heterocycles. The third-order valence-corrected chi connectivity index (χ3v) is 4.39. The van der Waals surface area contributed by atoms with Gasteiger partial charge in [0.1, 0.15) is 5.92 Å². The molecule has 3 nitrogen and oxygen atoms in total. The lowest BCUT2D eigenvalue weighted by Gasteiger charge is -2.29. The summed E-state index contributed by atoms with van der Waals surface area (Å²) in [4.78, 5) is 12.4. The minimum Gasteiger partial charge on any atom is -0.466 e. The van der Waals surface area contributed by atoms with Crippen molar-refractivity contribution in [3.63, 3.8) is 0 Å². The van der Waals surface area contributed by atoms with Crippen molar-refractivity contribution in [2.45, 2.75) is 24.6 Å². The summed E-state index contributed by atoms with van der Waals surface area (Å²) in [5.74, 6) is -2.07. The van der Waals surface area contributed by atoms with Crippen molar-refractivity contribution in [2.75, 3.05) is 6.61 Å². The van der Waals surface area contributed by atoms with E-state index >= 15 is 0 Å². The molecule has 0 amide bonds. The fraction of sp³-hybridized carbons (Fsp3) is 0.316. The highest BCUT2D eigenvalue weighted by molar-refractivity contribution is 6.24. The van der Waals surface area contributed by atoms with Crippen LogP contribution in [0.4, 0.5) is 13.2 Å². The maximum Gasteiger partial charge on any atom is 0.416 e. The summed E-state index contributed by atoms with van der Waals surface area (Å²) in [5, 5.41) is 8.65.